The molecule has 2 unspecified atom stereocenters. The van der Waals surface area contributed by atoms with Crippen molar-refractivity contribution in [3.05, 3.63) is 0 Å². The predicted octanol–water partition coefficient (Wildman–Crippen LogP) is -0.261. The lowest BCUT2D eigenvalue weighted by Crippen LogP contribution is -2.46. The monoisotopic (exact) mass is 124 g/mol. The molecule has 1 rings (SSSR count). The number of rotatable bonds is 0. The molecule has 0 saturated carbocycles. The van der Waals surface area contributed by atoms with Crippen molar-refractivity contribution in [2.24, 2.45) is 11.7 Å². The van der Waals surface area contributed by atoms with E-state index in [4.69, 9.17) is 13.7 Å². The van der Waals surface area contributed by atoms with Crippen LogP contribution in [-0.2, 0) is 0 Å². The van der Waals surface area contributed by atoms with Gasteiger partial charge in [-0.1, -0.05) is 6.92 Å². The van der Waals surface area contributed by atoms with Crippen LogP contribution in [-0.4, -0.2) is 31.9 Å². The second kappa shape index (κ2) is 2.71. The summed E-state index contributed by atoms with van der Waals surface area (Å²) in [5, 5.41) is 0. The summed E-state index contributed by atoms with van der Waals surface area (Å²) in [6.07, 6.45) is 1.14. The van der Waals surface area contributed by atoms with Crippen LogP contribution >= 0.6 is 0 Å². The molecule has 1 aliphatic heterocycles. The van der Waals surface area contributed by atoms with E-state index in [0.29, 0.717) is 5.92 Å². The Balaban J connectivity index is 2.35. The molecule has 2 atom stereocenters. The Morgan fingerprint density at radius 1 is 1.67 bits per heavy atom. The lowest BCUT2D eigenvalue weighted by Gasteiger charge is -2.32. The van der Waals surface area contributed by atoms with Crippen LogP contribution in [0.1, 0.15) is 13.3 Å². The van der Waals surface area contributed by atoms with Crippen LogP contribution in [0.2, 0.25) is 0 Å². The summed E-state index contributed by atoms with van der Waals surface area (Å²) in [6, 6.07) is 0.281. The van der Waals surface area contributed by atoms with Crippen LogP contribution in [0.15, 0.2) is 0 Å². The van der Waals surface area contributed by atoms with Gasteiger partial charge in [-0.25, -0.2) is 0 Å². The first-order valence-corrected chi connectivity index (χ1v) is 3.45. The molecule has 1 heterocycles. The Bertz CT molecular complexity index is 97.1. The van der Waals surface area contributed by atoms with Crippen LogP contribution in [0.25, 0.3) is 0 Å². The molecule has 2 N–H and O–H groups in total. The summed E-state index contributed by atoms with van der Waals surface area (Å²) in [7, 11) is 5.54. The fourth-order valence-corrected chi connectivity index (χ4v) is 1.13. The fraction of sp³-hybridized carbons (Fsp3) is 1.00. The Morgan fingerprint density at radius 2 is 2.33 bits per heavy atom. The van der Waals surface area contributed by atoms with Gasteiger partial charge in [0.1, 0.15) is 0 Å². The summed E-state index contributed by atoms with van der Waals surface area (Å²) >= 11 is 0. The third-order valence-electron chi connectivity index (χ3n) is 2.05. The summed E-state index contributed by atoms with van der Waals surface area (Å²) in [5.74, 6) is 0.643. The molecule has 1 fully saturated rings. The van der Waals surface area contributed by atoms with E-state index in [9.17, 15) is 0 Å². The highest BCUT2D eigenvalue weighted by atomic mass is 15.1. The topological polar surface area (TPSA) is 29.3 Å². The van der Waals surface area contributed by atoms with Gasteiger partial charge in [-0.15, -0.1) is 0 Å². The molecule has 0 aromatic rings. The average Bonchev–Trinajstić information content (AvgIpc) is 1.80. The standard InChI is InChI=1S/C6H13BN2/c1-5-2-3-9(7)4-6(5)8/h5-6H,2-4,8H2,1H3. The zero-order valence-electron chi connectivity index (χ0n) is 5.88. The summed E-state index contributed by atoms with van der Waals surface area (Å²) in [4.78, 5) is 1.80. The van der Waals surface area contributed by atoms with Gasteiger partial charge in [-0.3, -0.25) is 0 Å². The number of nitrogens with zero attached hydrogens (tertiary/aromatic N) is 1. The molecule has 3 heteroatoms. The van der Waals surface area contributed by atoms with E-state index in [0.717, 1.165) is 19.5 Å². The first-order chi connectivity index (χ1) is 4.20. The second-order valence-corrected chi connectivity index (χ2v) is 2.92. The van der Waals surface area contributed by atoms with Gasteiger partial charge in [0.05, 0.1) is 0 Å². The van der Waals surface area contributed by atoms with E-state index in [1.165, 1.54) is 0 Å². The smallest absolute Gasteiger partial charge is 0.182 e. The molecule has 1 saturated heterocycles. The van der Waals surface area contributed by atoms with E-state index in [1.54, 1.807) is 4.81 Å². The van der Waals surface area contributed by atoms with Crippen LogP contribution < -0.4 is 5.73 Å². The zero-order chi connectivity index (χ0) is 6.85. The highest BCUT2D eigenvalue weighted by Crippen LogP contribution is 2.12. The maximum atomic E-state index is 5.75. The summed E-state index contributed by atoms with van der Waals surface area (Å²) in [6.45, 7) is 4.02. The van der Waals surface area contributed by atoms with Gasteiger partial charge < -0.3 is 10.5 Å². The van der Waals surface area contributed by atoms with Crippen LogP contribution in [0.4, 0.5) is 0 Å². The maximum Gasteiger partial charge on any atom is 0.182 e. The number of hydrogen-bond acceptors (Lipinski definition) is 2. The fourth-order valence-electron chi connectivity index (χ4n) is 1.13. The third kappa shape index (κ3) is 1.70. The van der Waals surface area contributed by atoms with Crippen molar-refractivity contribution in [1.82, 2.24) is 4.81 Å². The van der Waals surface area contributed by atoms with E-state index >= 15 is 0 Å². The molecule has 0 bridgehead atoms. The molecule has 0 aliphatic carbocycles. The Morgan fingerprint density at radius 3 is 2.78 bits per heavy atom. The first-order valence-electron chi connectivity index (χ1n) is 3.45. The first kappa shape index (κ1) is 7.10. The number of nitrogens with two attached hydrogens (primary N) is 1. The molecule has 2 nitrogen and oxygen atoms in total. The van der Waals surface area contributed by atoms with Crippen molar-refractivity contribution in [3.8, 4) is 0 Å². The van der Waals surface area contributed by atoms with Crippen LogP contribution in [0.5, 0.6) is 0 Å². The molecule has 0 aromatic heterocycles. The van der Waals surface area contributed by atoms with Crippen LogP contribution in [0.3, 0.4) is 0 Å². The molecule has 0 aromatic carbocycles. The van der Waals surface area contributed by atoms with Gasteiger partial charge in [0.2, 0.25) is 0 Å². The quantitative estimate of drug-likeness (QED) is 0.450. The van der Waals surface area contributed by atoms with Crippen molar-refractivity contribution in [2.45, 2.75) is 19.4 Å². The third-order valence-corrected chi connectivity index (χ3v) is 2.05. The Labute approximate surface area is 57.8 Å². The minimum Gasteiger partial charge on any atom is -0.352 e. The van der Waals surface area contributed by atoms with E-state index in [-0.39, 0.29) is 6.04 Å². The van der Waals surface area contributed by atoms with Crippen molar-refractivity contribution >= 4 is 7.98 Å². The number of hydrogen-bond donors (Lipinski definition) is 1. The second-order valence-electron chi connectivity index (χ2n) is 2.92. The molecular weight excluding hydrogens is 111 g/mol. The zero-order valence-corrected chi connectivity index (χ0v) is 5.88. The lowest BCUT2D eigenvalue weighted by atomic mass is 9.93. The normalized spacial score (nSPS) is 38.9. The van der Waals surface area contributed by atoms with Gasteiger partial charge in [0, 0.05) is 12.6 Å². The molecule has 9 heavy (non-hydrogen) atoms. The molecule has 1 aliphatic rings. The molecule has 50 valence electrons. The van der Waals surface area contributed by atoms with E-state index < -0.39 is 0 Å². The van der Waals surface area contributed by atoms with Crippen molar-refractivity contribution in [2.75, 3.05) is 13.1 Å². The maximum absolute atomic E-state index is 5.75. The van der Waals surface area contributed by atoms with Crippen LogP contribution in [0, 0.1) is 5.92 Å². The number of piperidine rings is 1. The highest BCUT2D eigenvalue weighted by Gasteiger charge is 2.19. The Hall–Kier alpha value is -0.0151. The predicted molar refractivity (Wildman–Crippen MR) is 39.1 cm³/mol. The van der Waals surface area contributed by atoms with Gasteiger partial charge in [0.25, 0.3) is 0 Å². The average molecular weight is 124 g/mol. The van der Waals surface area contributed by atoms with E-state index in [2.05, 4.69) is 6.92 Å². The van der Waals surface area contributed by atoms with E-state index in [1.807, 2.05) is 0 Å². The minimum absolute atomic E-state index is 0.281. The SMILES string of the molecule is [B]N1CCC(C)C(N)C1. The van der Waals surface area contributed by atoms with Crippen molar-refractivity contribution < 1.29 is 0 Å². The van der Waals surface area contributed by atoms with Gasteiger partial charge in [0.15, 0.2) is 7.98 Å². The van der Waals surface area contributed by atoms with Gasteiger partial charge >= 0.3 is 0 Å². The summed E-state index contributed by atoms with van der Waals surface area (Å²) < 4.78 is 0. The molecule has 0 amide bonds. The van der Waals surface area contributed by atoms with Gasteiger partial charge in [-0.05, 0) is 18.9 Å². The molecule has 2 radical (unpaired) electrons. The van der Waals surface area contributed by atoms with Crippen molar-refractivity contribution in [1.29, 1.82) is 0 Å². The molecule has 0 spiro atoms. The lowest BCUT2D eigenvalue weighted by molar-refractivity contribution is 0.260. The van der Waals surface area contributed by atoms with Crippen molar-refractivity contribution in [3.63, 3.8) is 0 Å². The highest BCUT2D eigenvalue weighted by molar-refractivity contribution is 6.04. The molecular formula is C6H13BN2. The minimum atomic E-state index is 0.281. The largest absolute Gasteiger partial charge is 0.352 e. The summed E-state index contributed by atoms with van der Waals surface area (Å²) in [5.41, 5.74) is 5.75. The van der Waals surface area contributed by atoms with Gasteiger partial charge in [-0.2, -0.15) is 0 Å². The Kier molecular flexibility index (Phi) is 2.14.